The molecular weight excluding hydrogens is 294 g/mol. The number of benzene rings is 1. The number of aromatic nitrogens is 2. The predicted molar refractivity (Wildman–Crippen MR) is 77.0 cm³/mol. The van der Waals surface area contributed by atoms with Crippen molar-refractivity contribution < 1.29 is 22.1 Å². The highest BCUT2D eigenvalue weighted by molar-refractivity contribution is 7.86. The van der Waals surface area contributed by atoms with Crippen LogP contribution in [0, 0.1) is 0 Å². The Kier molecular flexibility index (Phi) is 4.49. The van der Waals surface area contributed by atoms with E-state index in [4.69, 9.17) is 0 Å². The second kappa shape index (κ2) is 6.15. The third-order valence-corrected chi connectivity index (χ3v) is 4.05. The van der Waals surface area contributed by atoms with E-state index in [0.717, 1.165) is 12.5 Å². The van der Waals surface area contributed by atoms with Gasteiger partial charge in [-0.15, -0.1) is 0 Å². The number of nitrogens with zero attached hydrogens (tertiary/aromatic N) is 2. The standard InChI is InChI=1S/C13H15N3O4S/c1-10(17)14-12-5-3-4-11-6-7-16(15-13(11)12)8-9-21(18,19)20-2/h3-7H,8-9H2,1-2H3/p+1. The minimum absolute atomic E-state index is 0.167. The van der Waals surface area contributed by atoms with Crippen LogP contribution >= 0.6 is 0 Å². The topological polar surface area (TPSA) is 89.2 Å². The summed E-state index contributed by atoms with van der Waals surface area (Å²) < 4.78 is 28.6. The van der Waals surface area contributed by atoms with Crippen LogP contribution in [0.4, 0.5) is 5.69 Å². The van der Waals surface area contributed by atoms with Gasteiger partial charge in [-0.1, -0.05) is 16.8 Å². The molecule has 8 heteroatoms. The molecule has 1 heterocycles. The lowest BCUT2D eigenvalue weighted by atomic mass is 10.2. The molecule has 0 radical (unpaired) electrons. The largest absolute Gasteiger partial charge is 0.324 e. The van der Waals surface area contributed by atoms with Crippen LogP contribution in [-0.2, 0) is 25.6 Å². The summed E-state index contributed by atoms with van der Waals surface area (Å²) in [4.78, 5) is 11.2. The normalized spacial score (nSPS) is 11.5. The molecule has 0 spiro atoms. The van der Waals surface area contributed by atoms with E-state index in [1.54, 1.807) is 12.3 Å². The number of carbonyl (C=O) groups is 1. The first-order chi connectivity index (χ1) is 9.91. The molecule has 2 rings (SSSR count). The van der Waals surface area contributed by atoms with E-state index in [1.165, 1.54) is 11.6 Å². The molecule has 1 N–H and O–H groups in total. The van der Waals surface area contributed by atoms with E-state index in [-0.39, 0.29) is 18.2 Å². The molecule has 7 nitrogen and oxygen atoms in total. The Morgan fingerprint density at radius 2 is 2.14 bits per heavy atom. The van der Waals surface area contributed by atoms with Gasteiger partial charge in [-0.3, -0.25) is 8.98 Å². The number of aryl methyl sites for hydroxylation is 1. The van der Waals surface area contributed by atoms with Gasteiger partial charge in [-0.2, -0.15) is 8.42 Å². The smallest absolute Gasteiger partial charge is 0.273 e. The van der Waals surface area contributed by atoms with Crippen LogP contribution in [-0.4, -0.2) is 32.3 Å². The SMILES string of the molecule is COS(=O)(=O)CC[n+]1ccc2cccc(NC(C)=O)c2n1. The van der Waals surface area contributed by atoms with Crippen LogP contribution in [0.25, 0.3) is 10.9 Å². The third-order valence-electron chi connectivity index (χ3n) is 2.86. The lowest BCUT2D eigenvalue weighted by Crippen LogP contribution is -2.40. The van der Waals surface area contributed by atoms with Crippen LogP contribution in [0.2, 0.25) is 0 Å². The number of anilines is 1. The first-order valence-corrected chi connectivity index (χ1v) is 7.84. The number of carbonyl (C=O) groups excluding carboxylic acids is 1. The molecule has 1 amide bonds. The molecule has 0 aliphatic heterocycles. The maximum Gasteiger partial charge on any atom is 0.273 e. The molecule has 2 aromatic rings. The van der Waals surface area contributed by atoms with Gasteiger partial charge in [0.15, 0.2) is 18.3 Å². The highest BCUT2D eigenvalue weighted by Gasteiger charge is 2.15. The second-order valence-corrected chi connectivity index (χ2v) is 6.29. The maximum atomic E-state index is 11.3. The van der Waals surface area contributed by atoms with Gasteiger partial charge in [-0.05, 0) is 6.07 Å². The van der Waals surface area contributed by atoms with Crippen molar-refractivity contribution in [1.82, 2.24) is 5.10 Å². The van der Waals surface area contributed by atoms with Crippen molar-refractivity contribution in [3.8, 4) is 0 Å². The van der Waals surface area contributed by atoms with Crippen LogP contribution in [0.3, 0.4) is 0 Å². The summed E-state index contributed by atoms with van der Waals surface area (Å²) in [6, 6.07) is 7.24. The van der Waals surface area contributed by atoms with Crippen LogP contribution < -0.4 is 10.00 Å². The quantitative estimate of drug-likeness (QED) is 0.640. The molecular formula is C13H16N3O4S+. The van der Waals surface area contributed by atoms with Crippen LogP contribution in [0.1, 0.15) is 6.92 Å². The molecule has 0 bridgehead atoms. The fourth-order valence-corrected chi connectivity index (χ4v) is 2.42. The number of fused-ring (bicyclic) bond motifs is 1. The Balaban J connectivity index is 2.33. The number of hydrogen-bond acceptors (Lipinski definition) is 5. The molecule has 0 atom stereocenters. The molecule has 0 aliphatic carbocycles. The molecule has 0 aliphatic rings. The van der Waals surface area contributed by atoms with E-state index in [2.05, 4.69) is 14.6 Å². The van der Waals surface area contributed by atoms with Gasteiger partial charge in [-0.25, -0.2) is 0 Å². The second-order valence-electron chi connectivity index (χ2n) is 4.43. The summed E-state index contributed by atoms with van der Waals surface area (Å²) in [5.74, 6) is -0.365. The van der Waals surface area contributed by atoms with E-state index in [1.807, 2.05) is 18.2 Å². The number of amides is 1. The van der Waals surface area contributed by atoms with Gasteiger partial charge in [0.05, 0.1) is 12.8 Å². The van der Waals surface area contributed by atoms with E-state index >= 15 is 0 Å². The maximum absolute atomic E-state index is 11.3. The molecule has 21 heavy (non-hydrogen) atoms. The Hall–Kier alpha value is -2.06. The number of nitrogens with one attached hydrogen (secondary N) is 1. The van der Waals surface area contributed by atoms with Gasteiger partial charge in [0.1, 0.15) is 5.75 Å². The van der Waals surface area contributed by atoms with Gasteiger partial charge < -0.3 is 5.32 Å². The van der Waals surface area contributed by atoms with Crippen molar-refractivity contribution >= 4 is 32.6 Å². The Labute approximate surface area is 122 Å². The first kappa shape index (κ1) is 15.3. The molecule has 0 unspecified atom stereocenters. The highest BCUT2D eigenvalue weighted by atomic mass is 32.2. The molecule has 0 fully saturated rings. The van der Waals surface area contributed by atoms with Crippen molar-refractivity contribution in [2.45, 2.75) is 13.5 Å². The Bertz CT molecular complexity index is 774. The summed E-state index contributed by atoms with van der Waals surface area (Å²) in [5, 5.41) is 7.90. The van der Waals surface area contributed by atoms with E-state index in [0.29, 0.717) is 11.2 Å². The van der Waals surface area contributed by atoms with Gasteiger partial charge in [0.25, 0.3) is 10.1 Å². The minimum atomic E-state index is -3.53. The zero-order valence-corrected chi connectivity index (χ0v) is 12.6. The van der Waals surface area contributed by atoms with Crippen molar-refractivity contribution in [2.75, 3.05) is 18.2 Å². The Morgan fingerprint density at radius 1 is 1.38 bits per heavy atom. The molecule has 1 aromatic carbocycles. The summed E-state index contributed by atoms with van der Waals surface area (Å²) in [6.07, 6.45) is 1.69. The molecule has 0 saturated heterocycles. The highest BCUT2D eigenvalue weighted by Crippen LogP contribution is 2.19. The zero-order chi connectivity index (χ0) is 15.5. The average molecular weight is 310 g/mol. The minimum Gasteiger partial charge on any atom is -0.324 e. The Morgan fingerprint density at radius 3 is 2.81 bits per heavy atom. The van der Waals surface area contributed by atoms with Gasteiger partial charge in [0.2, 0.25) is 5.91 Å². The number of hydrogen-bond donors (Lipinski definition) is 1. The van der Waals surface area contributed by atoms with Crippen LogP contribution in [0.15, 0.2) is 30.5 Å². The van der Waals surface area contributed by atoms with E-state index < -0.39 is 10.1 Å². The summed E-state index contributed by atoms with van der Waals surface area (Å²) in [5.41, 5.74) is 1.19. The lowest BCUT2D eigenvalue weighted by molar-refractivity contribution is -0.747. The van der Waals surface area contributed by atoms with E-state index in [9.17, 15) is 13.2 Å². The monoisotopic (exact) mass is 310 g/mol. The molecule has 0 saturated carbocycles. The predicted octanol–water partition coefficient (Wildman–Crippen LogP) is 0.457. The number of rotatable bonds is 5. The lowest BCUT2D eigenvalue weighted by Gasteiger charge is -2.04. The average Bonchev–Trinajstić information content (AvgIpc) is 2.45. The first-order valence-electron chi connectivity index (χ1n) is 6.27. The third kappa shape index (κ3) is 3.96. The van der Waals surface area contributed by atoms with Crippen molar-refractivity contribution in [2.24, 2.45) is 0 Å². The van der Waals surface area contributed by atoms with Gasteiger partial charge in [0, 0.05) is 23.5 Å². The fourth-order valence-electron chi connectivity index (χ4n) is 1.84. The zero-order valence-electron chi connectivity index (χ0n) is 11.7. The molecule has 1 aromatic heterocycles. The summed E-state index contributed by atoms with van der Waals surface area (Å²) in [7, 11) is -2.40. The van der Waals surface area contributed by atoms with Crippen LogP contribution in [0.5, 0.6) is 0 Å². The van der Waals surface area contributed by atoms with Crippen molar-refractivity contribution in [3.63, 3.8) is 0 Å². The van der Waals surface area contributed by atoms with Crippen molar-refractivity contribution in [1.29, 1.82) is 0 Å². The van der Waals surface area contributed by atoms with Crippen molar-refractivity contribution in [3.05, 3.63) is 30.5 Å². The summed E-state index contributed by atoms with van der Waals surface area (Å²) >= 11 is 0. The molecule has 112 valence electrons. The summed E-state index contributed by atoms with van der Waals surface area (Å²) in [6.45, 7) is 1.58. The fraction of sp³-hybridized carbons (Fsp3) is 0.308. The van der Waals surface area contributed by atoms with Gasteiger partial charge >= 0.3 is 0 Å².